The molecule has 0 N–H and O–H groups in total. The van der Waals surface area contributed by atoms with Gasteiger partial charge in [-0.3, -0.25) is 0 Å². The van der Waals surface area contributed by atoms with E-state index < -0.39 is 0 Å². The molecule has 2 nitrogen and oxygen atoms in total. The van der Waals surface area contributed by atoms with Gasteiger partial charge in [-0.05, 0) is 81.4 Å². The predicted octanol–water partition coefficient (Wildman–Crippen LogP) is 12.3. The number of aromatic nitrogens is 1. The highest BCUT2D eigenvalue weighted by Crippen LogP contribution is 2.53. The molecule has 47 heavy (non-hydrogen) atoms. The maximum absolute atomic E-state index is 6.55. The van der Waals surface area contributed by atoms with Gasteiger partial charge in [-0.2, -0.15) is 0 Å². The van der Waals surface area contributed by atoms with Crippen LogP contribution in [0.1, 0.15) is 25.0 Å². The number of rotatable bonds is 3. The number of hydrogen-bond acceptors (Lipinski definition) is 1. The molecule has 0 bridgehead atoms. The summed E-state index contributed by atoms with van der Waals surface area (Å²) in [5.41, 5.74) is 15.4. The van der Waals surface area contributed by atoms with Crippen LogP contribution in [-0.4, -0.2) is 4.57 Å². The Hall–Kier alpha value is -5.86. The number of para-hydroxylation sites is 1. The van der Waals surface area contributed by atoms with E-state index in [1.807, 2.05) is 6.07 Å². The molecule has 10 rings (SSSR count). The fourth-order valence-electron chi connectivity index (χ4n) is 8.05. The lowest BCUT2D eigenvalue weighted by Crippen LogP contribution is -2.15. The Morgan fingerprint density at radius 2 is 1.09 bits per heavy atom. The van der Waals surface area contributed by atoms with Gasteiger partial charge in [0.05, 0.1) is 11.0 Å². The Balaban J connectivity index is 1.22. The van der Waals surface area contributed by atoms with Crippen LogP contribution < -0.4 is 0 Å². The highest BCUT2D eigenvalue weighted by Gasteiger charge is 2.38. The molecule has 0 saturated heterocycles. The van der Waals surface area contributed by atoms with Crippen LogP contribution in [0.15, 0.2) is 156 Å². The Bertz CT molecular complexity index is 2590. The number of hydrogen-bond donors (Lipinski definition) is 0. The zero-order valence-electron chi connectivity index (χ0n) is 26.3. The van der Waals surface area contributed by atoms with Crippen molar-refractivity contribution in [2.45, 2.75) is 19.3 Å². The minimum Gasteiger partial charge on any atom is -0.455 e. The average Bonchev–Trinajstić information content (AvgIpc) is 3.74. The molecule has 0 unspecified atom stereocenters. The van der Waals surface area contributed by atoms with Crippen LogP contribution >= 0.6 is 0 Å². The van der Waals surface area contributed by atoms with Crippen LogP contribution in [0.4, 0.5) is 0 Å². The Morgan fingerprint density at radius 1 is 0.468 bits per heavy atom. The van der Waals surface area contributed by atoms with Gasteiger partial charge in [0.1, 0.15) is 11.2 Å². The lowest BCUT2D eigenvalue weighted by atomic mass is 9.82. The first-order valence-corrected chi connectivity index (χ1v) is 16.4. The number of benzene rings is 7. The standard InChI is InChI=1S/C45H31NO/c1-45(2)38-22-21-34-33-15-9-10-16-42(33)47-44(34)43(38)35-20-19-32(27-39(35)45)46-40-23-17-30(28-11-5-3-6-12-28)25-36(40)37-26-31(18-24-41(37)46)29-13-7-4-8-14-29/h3-27H,1-2H3. The Labute approximate surface area is 273 Å². The molecule has 7 aromatic carbocycles. The van der Waals surface area contributed by atoms with E-state index in [2.05, 4.69) is 164 Å². The van der Waals surface area contributed by atoms with Crippen LogP contribution in [0, 0.1) is 0 Å². The van der Waals surface area contributed by atoms with Crippen molar-refractivity contribution >= 4 is 43.7 Å². The molecule has 222 valence electrons. The summed E-state index contributed by atoms with van der Waals surface area (Å²) in [6.45, 7) is 4.69. The van der Waals surface area contributed by atoms with Crippen LogP contribution in [0.3, 0.4) is 0 Å². The van der Waals surface area contributed by atoms with Gasteiger partial charge in [0.15, 0.2) is 0 Å². The summed E-state index contributed by atoms with van der Waals surface area (Å²) in [4.78, 5) is 0. The molecule has 0 atom stereocenters. The van der Waals surface area contributed by atoms with Gasteiger partial charge in [0, 0.05) is 38.2 Å². The fraction of sp³-hybridized carbons (Fsp3) is 0.0667. The molecule has 0 saturated carbocycles. The summed E-state index contributed by atoms with van der Waals surface area (Å²) in [6.07, 6.45) is 0. The average molecular weight is 602 g/mol. The van der Waals surface area contributed by atoms with Gasteiger partial charge in [-0.15, -0.1) is 0 Å². The fourth-order valence-corrected chi connectivity index (χ4v) is 8.05. The smallest absolute Gasteiger partial charge is 0.143 e. The molecule has 2 heterocycles. The van der Waals surface area contributed by atoms with Crippen molar-refractivity contribution in [2.75, 3.05) is 0 Å². The van der Waals surface area contributed by atoms with Gasteiger partial charge in [-0.1, -0.05) is 123 Å². The topological polar surface area (TPSA) is 18.1 Å². The highest BCUT2D eigenvalue weighted by atomic mass is 16.3. The monoisotopic (exact) mass is 601 g/mol. The first-order valence-electron chi connectivity index (χ1n) is 16.4. The lowest BCUT2D eigenvalue weighted by Gasteiger charge is -2.22. The maximum Gasteiger partial charge on any atom is 0.143 e. The molecule has 0 amide bonds. The summed E-state index contributed by atoms with van der Waals surface area (Å²) in [5, 5.41) is 4.86. The normalized spacial score (nSPS) is 13.5. The highest BCUT2D eigenvalue weighted by molar-refractivity contribution is 6.13. The SMILES string of the molecule is CC1(C)c2cc(-n3c4ccc(-c5ccccc5)cc4c4cc(-c5ccccc5)ccc43)ccc2-c2c1ccc1c2oc2ccccc21. The van der Waals surface area contributed by atoms with Crippen molar-refractivity contribution in [3.8, 4) is 39.1 Å². The molecule has 9 aromatic rings. The zero-order chi connectivity index (χ0) is 31.3. The van der Waals surface area contributed by atoms with Crippen molar-refractivity contribution < 1.29 is 4.42 Å². The molecular weight excluding hydrogens is 571 g/mol. The molecule has 0 aliphatic heterocycles. The van der Waals surface area contributed by atoms with Gasteiger partial charge in [0.2, 0.25) is 0 Å². The maximum atomic E-state index is 6.55. The number of furan rings is 1. The number of fused-ring (bicyclic) bond motifs is 10. The molecule has 1 aliphatic rings. The Morgan fingerprint density at radius 3 is 1.74 bits per heavy atom. The summed E-state index contributed by atoms with van der Waals surface area (Å²) in [5.74, 6) is 0. The first kappa shape index (κ1) is 26.4. The van der Waals surface area contributed by atoms with Crippen LogP contribution in [0.25, 0.3) is 82.8 Å². The summed E-state index contributed by atoms with van der Waals surface area (Å²) in [7, 11) is 0. The third-order valence-corrected chi connectivity index (χ3v) is 10.4. The lowest BCUT2D eigenvalue weighted by molar-refractivity contribution is 0.653. The van der Waals surface area contributed by atoms with Gasteiger partial charge in [-0.25, -0.2) is 0 Å². The van der Waals surface area contributed by atoms with Crippen LogP contribution in [-0.2, 0) is 5.41 Å². The second-order valence-corrected chi connectivity index (χ2v) is 13.3. The molecule has 2 aromatic heterocycles. The minimum atomic E-state index is -0.173. The number of nitrogens with zero attached hydrogens (tertiary/aromatic N) is 1. The molecule has 1 aliphatic carbocycles. The van der Waals surface area contributed by atoms with E-state index in [9.17, 15) is 0 Å². The summed E-state index contributed by atoms with van der Waals surface area (Å²) in [6, 6.07) is 55.2. The third kappa shape index (κ3) is 3.73. The molecular formula is C45H31NO. The molecule has 2 heteroatoms. The molecule has 0 radical (unpaired) electrons. The van der Waals surface area contributed by atoms with E-state index in [4.69, 9.17) is 4.42 Å². The van der Waals surface area contributed by atoms with Gasteiger partial charge >= 0.3 is 0 Å². The van der Waals surface area contributed by atoms with E-state index >= 15 is 0 Å². The van der Waals surface area contributed by atoms with E-state index in [0.29, 0.717) is 0 Å². The van der Waals surface area contributed by atoms with E-state index in [0.717, 1.165) is 11.2 Å². The zero-order valence-corrected chi connectivity index (χ0v) is 26.3. The van der Waals surface area contributed by atoms with Gasteiger partial charge < -0.3 is 8.98 Å². The van der Waals surface area contributed by atoms with Crippen LogP contribution in [0.2, 0.25) is 0 Å². The van der Waals surface area contributed by atoms with Crippen molar-refractivity contribution in [3.63, 3.8) is 0 Å². The molecule has 0 fully saturated rings. The Kier molecular flexibility index (Phi) is 5.37. The van der Waals surface area contributed by atoms with Crippen molar-refractivity contribution in [2.24, 2.45) is 0 Å². The second-order valence-electron chi connectivity index (χ2n) is 13.3. The van der Waals surface area contributed by atoms with E-state index in [1.165, 1.54) is 82.8 Å². The third-order valence-electron chi connectivity index (χ3n) is 10.4. The minimum absolute atomic E-state index is 0.173. The molecule has 0 spiro atoms. The van der Waals surface area contributed by atoms with Crippen molar-refractivity contribution in [3.05, 3.63) is 163 Å². The first-order chi connectivity index (χ1) is 23.1. The van der Waals surface area contributed by atoms with E-state index in [1.54, 1.807) is 0 Å². The van der Waals surface area contributed by atoms with Crippen molar-refractivity contribution in [1.82, 2.24) is 4.57 Å². The van der Waals surface area contributed by atoms with Crippen molar-refractivity contribution in [1.29, 1.82) is 0 Å². The van der Waals surface area contributed by atoms with Crippen LogP contribution in [0.5, 0.6) is 0 Å². The largest absolute Gasteiger partial charge is 0.455 e. The predicted molar refractivity (Wildman–Crippen MR) is 196 cm³/mol. The second kappa shape index (κ2) is 9.57. The quantitative estimate of drug-likeness (QED) is 0.197. The van der Waals surface area contributed by atoms with E-state index in [-0.39, 0.29) is 5.41 Å². The summed E-state index contributed by atoms with van der Waals surface area (Å²) < 4.78 is 9.00. The van der Waals surface area contributed by atoms with Gasteiger partial charge in [0.25, 0.3) is 0 Å². The summed E-state index contributed by atoms with van der Waals surface area (Å²) >= 11 is 0.